The van der Waals surface area contributed by atoms with Gasteiger partial charge in [-0.3, -0.25) is 4.79 Å². The van der Waals surface area contributed by atoms with Gasteiger partial charge in [-0.2, -0.15) is 0 Å². The van der Waals surface area contributed by atoms with Gasteiger partial charge in [0.05, 0.1) is 12.2 Å². The lowest BCUT2D eigenvalue weighted by Gasteiger charge is -2.13. The molecule has 0 heterocycles. The molecule has 0 saturated heterocycles. The van der Waals surface area contributed by atoms with Crippen molar-refractivity contribution in [2.24, 2.45) is 0 Å². The van der Waals surface area contributed by atoms with Gasteiger partial charge in [0.25, 0.3) is 6.43 Å². The SMILES string of the molecule is CCOc1ccc(C(=O)Cc2ccc(C)cc2F)c(C(F)F)c1F. The van der Waals surface area contributed by atoms with Gasteiger partial charge < -0.3 is 4.74 Å². The molecule has 2 aromatic carbocycles. The summed E-state index contributed by atoms with van der Waals surface area (Å²) >= 11 is 0. The Morgan fingerprint density at radius 2 is 1.88 bits per heavy atom. The van der Waals surface area contributed by atoms with Crippen molar-refractivity contribution in [3.63, 3.8) is 0 Å². The summed E-state index contributed by atoms with van der Waals surface area (Å²) in [6.07, 6.45) is -3.62. The first kappa shape index (κ1) is 18.0. The molecule has 6 heteroatoms. The number of ketones is 1. The molecule has 0 N–H and O–H groups in total. The zero-order chi connectivity index (χ0) is 17.9. The summed E-state index contributed by atoms with van der Waals surface area (Å²) in [5, 5.41) is 0. The fourth-order valence-electron chi connectivity index (χ4n) is 2.36. The Morgan fingerprint density at radius 1 is 1.17 bits per heavy atom. The van der Waals surface area contributed by atoms with E-state index in [1.54, 1.807) is 19.9 Å². The molecule has 2 rings (SSSR count). The number of Topliss-reactive ketones (excluding diaryl/α,β-unsaturated/α-hetero) is 1. The number of ether oxygens (including phenoxy) is 1. The van der Waals surface area contributed by atoms with Crippen LogP contribution >= 0.6 is 0 Å². The number of hydrogen-bond acceptors (Lipinski definition) is 2. The van der Waals surface area contributed by atoms with Crippen molar-refractivity contribution in [1.29, 1.82) is 0 Å². The molecule has 0 aliphatic rings. The second-order valence-corrected chi connectivity index (χ2v) is 5.27. The molecular formula is C18H16F4O2. The maximum absolute atomic E-state index is 14.2. The maximum Gasteiger partial charge on any atom is 0.267 e. The van der Waals surface area contributed by atoms with E-state index in [0.29, 0.717) is 5.56 Å². The third-order valence-electron chi connectivity index (χ3n) is 3.52. The van der Waals surface area contributed by atoms with Crippen molar-refractivity contribution in [3.05, 3.63) is 64.2 Å². The zero-order valence-corrected chi connectivity index (χ0v) is 13.2. The van der Waals surface area contributed by atoms with Gasteiger partial charge in [-0.15, -0.1) is 0 Å². The normalized spacial score (nSPS) is 11.0. The van der Waals surface area contributed by atoms with Crippen LogP contribution in [-0.2, 0) is 6.42 Å². The van der Waals surface area contributed by atoms with Crippen LogP contribution in [0, 0.1) is 18.6 Å². The smallest absolute Gasteiger partial charge is 0.267 e. The van der Waals surface area contributed by atoms with Gasteiger partial charge in [0, 0.05) is 12.0 Å². The lowest BCUT2D eigenvalue weighted by Crippen LogP contribution is -2.11. The summed E-state index contributed by atoms with van der Waals surface area (Å²) in [6, 6.07) is 6.48. The summed E-state index contributed by atoms with van der Waals surface area (Å²) in [7, 11) is 0. The summed E-state index contributed by atoms with van der Waals surface area (Å²) < 4.78 is 59.4. The van der Waals surface area contributed by atoms with Gasteiger partial charge in [0.2, 0.25) is 0 Å². The predicted molar refractivity (Wildman–Crippen MR) is 81.7 cm³/mol. The van der Waals surface area contributed by atoms with Crippen LogP contribution in [0.15, 0.2) is 30.3 Å². The molecule has 0 unspecified atom stereocenters. The number of carbonyl (C=O) groups is 1. The number of rotatable bonds is 6. The van der Waals surface area contributed by atoms with E-state index in [4.69, 9.17) is 4.74 Å². The highest BCUT2D eigenvalue weighted by molar-refractivity contribution is 5.99. The van der Waals surface area contributed by atoms with Crippen LogP contribution in [0.4, 0.5) is 17.6 Å². The van der Waals surface area contributed by atoms with Crippen molar-refractivity contribution in [3.8, 4) is 5.75 Å². The molecule has 0 saturated carbocycles. The van der Waals surface area contributed by atoms with E-state index in [2.05, 4.69) is 0 Å². The molecule has 24 heavy (non-hydrogen) atoms. The minimum Gasteiger partial charge on any atom is -0.491 e. The number of hydrogen-bond donors (Lipinski definition) is 0. The molecule has 0 aromatic heterocycles. The molecule has 0 fully saturated rings. The van der Waals surface area contributed by atoms with Crippen molar-refractivity contribution in [2.75, 3.05) is 6.61 Å². The molecule has 128 valence electrons. The highest BCUT2D eigenvalue weighted by atomic mass is 19.3. The second kappa shape index (κ2) is 7.47. The van der Waals surface area contributed by atoms with Crippen LogP contribution in [0.3, 0.4) is 0 Å². The first-order chi connectivity index (χ1) is 11.3. The lowest BCUT2D eigenvalue weighted by molar-refractivity contribution is 0.0974. The summed E-state index contributed by atoms with van der Waals surface area (Å²) in [5.41, 5.74) is -0.742. The van der Waals surface area contributed by atoms with Crippen LogP contribution in [0.1, 0.15) is 40.4 Å². The quantitative estimate of drug-likeness (QED) is 0.544. The Labute approximate surface area is 137 Å². The molecule has 0 aliphatic heterocycles. The first-order valence-electron chi connectivity index (χ1n) is 7.36. The predicted octanol–water partition coefficient (Wildman–Crippen LogP) is 5.03. The van der Waals surface area contributed by atoms with E-state index in [9.17, 15) is 22.4 Å². The molecule has 2 nitrogen and oxygen atoms in total. The number of halogens is 4. The number of benzene rings is 2. The largest absolute Gasteiger partial charge is 0.491 e. The Hall–Kier alpha value is -2.37. The fourth-order valence-corrected chi connectivity index (χ4v) is 2.36. The van der Waals surface area contributed by atoms with Gasteiger partial charge in [-0.05, 0) is 43.2 Å². The monoisotopic (exact) mass is 340 g/mol. The third kappa shape index (κ3) is 3.75. The van der Waals surface area contributed by atoms with E-state index >= 15 is 0 Å². The van der Waals surface area contributed by atoms with Crippen LogP contribution in [-0.4, -0.2) is 12.4 Å². The lowest BCUT2D eigenvalue weighted by atomic mass is 9.97. The number of carbonyl (C=O) groups excluding carboxylic acids is 1. The molecule has 2 aromatic rings. The minimum absolute atomic E-state index is 0.0695. The maximum atomic E-state index is 14.2. The van der Waals surface area contributed by atoms with Gasteiger partial charge in [-0.25, -0.2) is 17.6 Å². The molecule has 0 atom stereocenters. The molecule has 0 bridgehead atoms. The van der Waals surface area contributed by atoms with Gasteiger partial charge in [-0.1, -0.05) is 12.1 Å². The topological polar surface area (TPSA) is 26.3 Å². The molecule has 0 spiro atoms. The zero-order valence-electron chi connectivity index (χ0n) is 13.2. The average Bonchev–Trinajstić information content (AvgIpc) is 2.51. The van der Waals surface area contributed by atoms with Gasteiger partial charge in [0.1, 0.15) is 5.82 Å². The van der Waals surface area contributed by atoms with Crippen LogP contribution in [0.25, 0.3) is 0 Å². The Kier molecular flexibility index (Phi) is 5.59. The van der Waals surface area contributed by atoms with Crippen molar-refractivity contribution in [1.82, 2.24) is 0 Å². The molecule has 0 amide bonds. The van der Waals surface area contributed by atoms with Crippen molar-refractivity contribution >= 4 is 5.78 Å². The Bertz CT molecular complexity index is 757. The number of aryl methyl sites for hydroxylation is 1. The van der Waals surface area contributed by atoms with Gasteiger partial charge in [0.15, 0.2) is 17.3 Å². The van der Waals surface area contributed by atoms with E-state index < -0.39 is 41.4 Å². The molecule has 0 aliphatic carbocycles. The highest BCUT2D eigenvalue weighted by Crippen LogP contribution is 2.32. The van der Waals surface area contributed by atoms with E-state index in [1.807, 2.05) is 0 Å². The fraction of sp³-hybridized carbons (Fsp3) is 0.278. The van der Waals surface area contributed by atoms with Crippen molar-refractivity contribution < 1.29 is 27.1 Å². The molecular weight excluding hydrogens is 324 g/mol. The van der Waals surface area contributed by atoms with E-state index in [1.165, 1.54) is 12.1 Å². The first-order valence-corrected chi connectivity index (χ1v) is 7.36. The van der Waals surface area contributed by atoms with Crippen LogP contribution in [0.2, 0.25) is 0 Å². The molecule has 0 radical (unpaired) electrons. The van der Waals surface area contributed by atoms with Gasteiger partial charge >= 0.3 is 0 Å². The van der Waals surface area contributed by atoms with Crippen LogP contribution in [0.5, 0.6) is 5.75 Å². The average molecular weight is 340 g/mol. The summed E-state index contributed by atoms with van der Waals surface area (Å²) in [5.74, 6) is -2.99. The minimum atomic E-state index is -3.19. The Balaban J connectivity index is 2.40. The Morgan fingerprint density at radius 3 is 2.46 bits per heavy atom. The summed E-state index contributed by atoms with van der Waals surface area (Å²) in [4.78, 5) is 12.3. The standard InChI is InChI=1S/C18H16F4O2/c1-3-24-15-7-6-12(16(17(15)20)18(21)22)14(23)9-11-5-4-10(2)8-13(11)19/h4-8,18H,3,9H2,1-2H3. The van der Waals surface area contributed by atoms with E-state index in [-0.39, 0.29) is 17.9 Å². The third-order valence-corrected chi connectivity index (χ3v) is 3.52. The summed E-state index contributed by atoms with van der Waals surface area (Å²) in [6.45, 7) is 3.37. The van der Waals surface area contributed by atoms with E-state index in [0.717, 1.165) is 12.1 Å². The number of alkyl halides is 2. The van der Waals surface area contributed by atoms with Crippen molar-refractivity contribution in [2.45, 2.75) is 26.7 Å². The van der Waals surface area contributed by atoms with Crippen LogP contribution < -0.4 is 4.74 Å². The highest BCUT2D eigenvalue weighted by Gasteiger charge is 2.26. The second-order valence-electron chi connectivity index (χ2n) is 5.27.